The Bertz CT molecular complexity index is 1420. The number of H-pyrrole nitrogens is 1. The highest BCUT2D eigenvalue weighted by Crippen LogP contribution is 2.44. The van der Waals surface area contributed by atoms with E-state index in [0.717, 1.165) is 22.3 Å². The van der Waals surface area contributed by atoms with Crippen LogP contribution in [0.15, 0.2) is 71.5 Å². The van der Waals surface area contributed by atoms with Gasteiger partial charge < -0.3 is 25.3 Å². The van der Waals surface area contributed by atoms with Gasteiger partial charge in [-0.1, -0.05) is 54.6 Å². The van der Waals surface area contributed by atoms with E-state index in [4.69, 9.17) is 4.74 Å². The summed E-state index contributed by atoms with van der Waals surface area (Å²) in [5.74, 6) is 0.416. The van der Waals surface area contributed by atoms with Crippen molar-refractivity contribution in [3.63, 3.8) is 0 Å². The van der Waals surface area contributed by atoms with Gasteiger partial charge in [-0.3, -0.25) is 4.79 Å². The number of carbonyl (C=O) groups excluding carboxylic acids is 1. The van der Waals surface area contributed by atoms with Crippen molar-refractivity contribution in [2.45, 2.75) is 25.0 Å². The lowest BCUT2D eigenvalue weighted by Crippen LogP contribution is -2.36. The van der Waals surface area contributed by atoms with Gasteiger partial charge in [0, 0.05) is 12.5 Å². The van der Waals surface area contributed by atoms with Gasteiger partial charge in [-0.05, 0) is 46.9 Å². The van der Waals surface area contributed by atoms with Crippen LogP contribution in [-0.4, -0.2) is 45.5 Å². The molecule has 5 rings (SSSR count). The Morgan fingerprint density at radius 3 is 2.40 bits per heavy atom. The van der Waals surface area contributed by atoms with Crippen LogP contribution in [0.3, 0.4) is 0 Å². The summed E-state index contributed by atoms with van der Waals surface area (Å²) < 4.78 is 5.46. The predicted octanol–water partition coefficient (Wildman–Crippen LogP) is 3.16. The van der Waals surface area contributed by atoms with Crippen molar-refractivity contribution in [3.05, 3.63) is 99.6 Å². The SMILES string of the molecule is Cc1nc2ccc(C(O)C(O)CNC(=O)OCC3c4ccccc4-c4ccccc43)cc2c(=O)[nH]1. The molecule has 1 aromatic heterocycles. The van der Waals surface area contributed by atoms with E-state index in [9.17, 15) is 19.8 Å². The molecular weight excluding hydrogens is 446 g/mol. The third kappa shape index (κ3) is 4.41. The number of nitrogens with one attached hydrogen (secondary N) is 2. The molecule has 2 unspecified atom stereocenters. The van der Waals surface area contributed by atoms with Gasteiger partial charge in [-0.25, -0.2) is 9.78 Å². The average molecular weight is 472 g/mol. The average Bonchev–Trinajstić information content (AvgIpc) is 3.19. The summed E-state index contributed by atoms with van der Waals surface area (Å²) in [5, 5.41) is 23.8. The second kappa shape index (κ2) is 9.32. The Morgan fingerprint density at radius 1 is 1.06 bits per heavy atom. The Hall–Kier alpha value is -4.01. The largest absolute Gasteiger partial charge is 0.449 e. The number of aryl methyl sites for hydroxylation is 1. The van der Waals surface area contributed by atoms with E-state index in [-0.39, 0.29) is 24.6 Å². The van der Waals surface area contributed by atoms with Crippen LogP contribution >= 0.6 is 0 Å². The van der Waals surface area contributed by atoms with Crippen molar-refractivity contribution in [2.75, 3.05) is 13.2 Å². The quantitative estimate of drug-likeness (QED) is 0.342. The van der Waals surface area contributed by atoms with Gasteiger partial charge in [0.2, 0.25) is 0 Å². The molecule has 178 valence electrons. The van der Waals surface area contributed by atoms with Crippen LogP contribution in [0.4, 0.5) is 4.79 Å². The number of aliphatic hydroxyl groups is 2. The summed E-state index contributed by atoms with van der Waals surface area (Å²) in [5.41, 5.74) is 4.99. The minimum atomic E-state index is -1.31. The number of benzene rings is 3. The van der Waals surface area contributed by atoms with Gasteiger partial charge in [0.25, 0.3) is 5.56 Å². The first-order valence-corrected chi connectivity index (χ1v) is 11.4. The van der Waals surface area contributed by atoms with Crippen LogP contribution in [-0.2, 0) is 4.74 Å². The lowest BCUT2D eigenvalue weighted by atomic mass is 9.98. The van der Waals surface area contributed by atoms with E-state index < -0.39 is 18.3 Å². The van der Waals surface area contributed by atoms with E-state index in [0.29, 0.717) is 22.3 Å². The van der Waals surface area contributed by atoms with E-state index >= 15 is 0 Å². The number of rotatable bonds is 6. The van der Waals surface area contributed by atoms with Gasteiger partial charge >= 0.3 is 6.09 Å². The lowest BCUT2D eigenvalue weighted by Gasteiger charge is -2.19. The summed E-state index contributed by atoms with van der Waals surface area (Å²) in [6.45, 7) is 1.61. The zero-order valence-corrected chi connectivity index (χ0v) is 19.1. The highest BCUT2D eigenvalue weighted by Gasteiger charge is 2.29. The van der Waals surface area contributed by atoms with Gasteiger partial charge in [-0.2, -0.15) is 0 Å². The molecule has 1 aliphatic carbocycles. The Morgan fingerprint density at radius 2 is 1.71 bits per heavy atom. The summed E-state index contributed by atoms with van der Waals surface area (Å²) >= 11 is 0. The third-order valence-corrected chi connectivity index (χ3v) is 6.35. The highest BCUT2D eigenvalue weighted by atomic mass is 16.5. The summed E-state index contributed by atoms with van der Waals surface area (Å²) in [4.78, 5) is 31.4. The number of nitrogens with zero attached hydrogens (tertiary/aromatic N) is 1. The Kier molecular flexibility index (Phi) is 6.07. The van der Waals surface area contributed by atoms with Gasteiger partial charge in [0.1, 0.15) is 24.6 Å². The van der Waals surface area contributed by atoms with E-state index in [1.54, 1.807) is 19.1 Å². The van der Waals surface area contributed by atoms with Gasteiger partial charge in [0.15, 0.2) is 0 Å². The van der Waals surface area contributed by atoms with E-state index in [2.05, 4.69) is 27.4 Å². The molecule has 0 spiro atoms. The summed E-state index contributed by atoms with van der Waals surface area (Å²) in [6.07, 6.45) is -3.30. The number of carbonyl (C=O) groups is 1. The minimum absolute atomic E-state index is 0.0726. The molecule has 0 fully saturated rings. The molecule has 8 heteroatoms. The lowest BCUT2D eigenvalue weighted by molar-refractivity contribution is 0.0186. The smallest absolute Gasteiger partial charge is 0.407 e. The second-order valence-corrected chi connectivity index (χ2v) is 8.65. The number of hydrogen-bond donors (Lipinski definition) is 4. The molecule has 0 radical (unpaired) electrons. The number of fused-ring (bicyclic) bond motifs is 4. The topological polar surface area (TPSA) is 125 Å². The second-order valence-electron chi connectivity index (χ2n) is 8.65. The fraction of sp³-hybridized carbons (Fsp3) is 0.222. The molecule has 1 heterocycles. The monoisotopic (exact) mass is 471 g/mol. The maximum Gasteiger partial charge on any atom is 0.407 e. The molecule has 1 aliphatic rings. The van der Waals surface area contributed by atoms with Gasteiger partial charge in [-0.15, -0.1) is 0 Å². The Balaban J connectivity index is 1.20. The third-order valence-electron chi connectivity index (χ3n) is 6.35. The van der Waals surface area contributed by atoms with E-state index in [1.165, 1.54) is 6.07 Å². The minimum Gasteiger partial charge on any atom is -0.449 e. The molecular formula is C27H25N3O5. The molecule has 0 bridgehead atoms. The van der Waals surface area contributed by atoms with Crippen LogP contribution in [0.25, 0.3) is 22.0 Å². The highest BCUT2D eigenvalue weighted by molar-refractivity contribution is 5.79. The van der Waals surface area contributed by atoms with Crippen molar-refractivity contribution in [1.82, 2.24) is 15.3 Å². The molecule has 35 heavy (non-hydrogen) atoms. The predicted molar refractivity (Wildman–Crippen MR) is 131 cm³/mol. The molecule has 8 nitrogen and oxygen atoms in total. The first-order chi connectivity index (χ1) is 16.9. The fourth-order valence-electron chi connectivity index (χ4n) is 4.63. The molecule has 3 aromatic carbocycles. The molecule has 0 saturated heterocycles. The zero-order valence-electron chi connectivity index (χ0n) is 19.1. The summed E-state index contributed by atoms with van der Waals surface area (Å²) in [7, 11) is 0. The number of ether oxygens (including phenoxy) is 1. The first-order valence-electron chi connectivity index (χ1n) is 11.4. The standard InChI is InChI=1S/C27H25N3O5/c1-15-29-23-11-10-16(12-21(23)26(33)30-15)25(32)24(31)13-28-27(34)35-14-22-19-8-4-2-6-17(19)18-7-3-5-9-20(18)22/h2-12,22,24-25,31-32H,13-14H2,1H3,(H,28,34)(H,29,30,33). The molecule has 0 aliphatic heterocycles. The Labute approximate surface area is 201 Å². The number of aliphatic hydroxyl groups excluding tert-OH is 2. The maximum atomic E-state index is 12.4. The number of aromatic nitrogens is 2. The maximum absolute atomic E-state index is 12.4. The van der Waals surface area contributed by atoms with E-state index in [1.807, 2.05) is 36.4 Å². The molecule has 4 aromatic rings. The number of hydrogen-bond acceptors (Lipinski definition) is 6. The van der Waals surface area contributed by atoms with Crippen molar-refractivity contribution >= 4 is 17.0 Å². The van der Waals surface area contributed by atoms with Crippen molar-refractivity contribution < 1.29 is 19.7 Å². The van der Waals surface area contributed by atoms with Crippen molar-refractivity contribution in [3.8, 4) is 11.1 Å². The van der Waals surface area contributed by atoms with Crippen molar-refractivity contribution in [2.24, 2.45) is 0 Å². The van der Waals surface area contributed by atoms with Crippen molar-refractivity contribution in [1.29, 1.82) is 0 Å². The zero-order chi connectivity index (χ0) is 24.5. The van der Waals surface area contributed by atoms with Crippen LogP contribution in [0.5, 0.6) is 0 Å². The summed E-state index contributed by atoms with van der Waals surface area (Å²) in [6, 6.07) is 20.8. The fourth-order valence-corrected chi connectivity index (χ4v) is 4.63. The number of alkyl carbamates (subject to hydrolysis) is 1. The molecule has 2 atom stereocenters. The first kappa shape index (κ1) is 22.8. The van der Waals surface area contributed by atoms with Crippen LogP contribution in [0.1, 0.15) is 34.5 Å². The van der Waals surface area contributed by atoms with Crippen LogP contribution < -0.4 is 10.9 Å². The molecule has 1 amide bonds. The molecule has 4 N–H and O–H groups in total. The van der Waals surface area contributed by atoms with Gasteiger partial charge in [0.05, 0.1) is 10.9 Å². The number of amides is 1. The number of aromatic amines is 1. The normalized spacial score (nSPS) is 14.3. The van der Waals surface area contributed by atoms with Crippen LogP contribution in [0.2, 0.25) is 0 Å². The molecule has 0 saturated carbocycles. The van der Waals surface area contributed by atoms with Crippen LogP contribution in [0, 0.1) is 6.92 Å².